The molecule has 2 heterocycles. The average Bonchev–Trinajstić information content (AvgIpc) is 2.67. The standard InChI is InChI=1S/C10H10N6S/c1-5-8(17-9(12)15-5)7-6(3-11)4-14-10(13-2)16-7/h4H,1-2H3,(H2,12,15)(H,13,14,16). The molecule has 0 aliphatic carbocycles. The van der Waals surface area contributed by atoms with Crippen LogP contribution in [0, 0.1) is 18.3 Å². The maximum atomic E-state index is 9.04. The minimum absolute atomic E-state index is 0.413. The number of nitrogens with two attached hydrogens (primary N) is 1. The largest absolute Gasteiger partial charge is 0.375 e. The van der Waals surface area contributed by atoms with Crippen LogP contribution in [-0.4, -0.2) is 22.0 Å². The molecule has 0 aromatic carbocycles. The molecular formula is C10H10N6S. The molecule has 0 bridgehead atoms. The summed E-state index contributed by atoms with van der Waals surface area (Å²) in [7, 11) is 1.72. The molecule has 3 N–H and O–H groups in total. The molecule has 0 amide bonds. The van der Waals surface area contributed by atoms with Crippen molar-refractivity contribution in [3.8, 4) is 16.6 Å². The molecule has 0 saturated carbocycles. The molecule has 0 atom stereocenters. The molecule has 17 heavy (non-hydrogen) atoms. The Hall–Kier alpha value is -2.20. The Kier molecular flexibility index (Phi) is 2.89. The molecule has 2 rings (SSSR count). The van der Waals surface area contributed by atoms with Gasteiger partial charge in [-0.15, -0.1) is 0 Å². The van der Waals surface area contributed by atoms with E-state index in [9.17, 15) is 0 Å². The number of anilines is 2. The van der Waals surface area contributed by atoms with Crippen LogP contribution in [0.4, 0.5) is 11.1 Å². The third-order valence-electron chi connectivity index (χ3n) is 2.16. The van der Waals surface area contributed by atoms with Crippen molar-refractivity contribution in [2.45, 2.75) is 6.92 Å². The molecule has 2 aromatic heterocycles. The number of thiazole rings is 1. The first-order valence-corrected chi connectivity index (χ1v) is 5.65. The van der Waals surface area contributed by atoms with Gasteiger partial charge in [-0.25, -0.2) is 15.0 Å². The van der Waals surface area contributed by atoms with E-state index in [1.54, 1.807) is 7.05 Å². The highest BCUT2D eigenvalue weighted by molar-refractivity contribution is 7.18. The highest BCUT2D eigenvalue weighted by atomic mass is 32.1. The van der Waals surface area contributed by atoms with Crippen LogP contribution in [0.3, 0.4) is 0 Å². The normalized spacial score (nSPS) is 9.94. The van der Waals surface area contributed by atoms with Gasteiger partial charge in [0.1, 0.15) is 11.8 Å². The molecule has 6 nitrogen and oxygen atoms in total. The summed E-state index contributed by atoms with van der Waals surface area (Å²) < 4.78 is 0. The SMILES string of the molecule is CNc1ncc(C#N)c(-c2sc(N)nc2C)n1. The van der Waals surface area contributed by atoms with Crippen LogP contribution in [0.1, 0.15) is 11.3 Å². The number of hydrogen-bond donors (Lipinski definition) is 2. The van der Waals surface area contributed by atoms with E-state index in [0.29, 0.717) is 22.3 Å². The Labute approximate surface area is 102 Å². The van der Waals surface area contributed by atoms with E-state index >= 15 is 0 Å². The van der Waals surface area contributed by atoms with Crippen molar-refractivity contribution in [3.05, 3.63) is 17.5 Å². The molecule has 0 spiro atoms. The van der Waals surface area contributed by atoms with Crippen LogP contribution >= 0.6 is 11.3 Å². The first kappa shape index (κ1) is 11.3. The Morgan fingerprint density at radius 3 is 2.76 bits per heavy atom. The lowest BCUT2D eigenvalue weighted by Gasteiger charge is -2.03. The van der Waals surface area contributed by atoms with E-state index in [1.165, 1.54) is 17.5 Å². The van der Waals surface area contributed by atoms with Crippen molar-refractivity contribution in [3.63, 3.8) is 0 Å². The van der Waals surface area contributed by atoms with E-state index < -0.39 is 0 Å². The molecule has 2 aromatic rings. The van der Waals surface area contributed by atoms with E-state index in [0.717, 1.165) is 10.6 Å². The summed E-state index contributed by atoms with van der Waals surface area (Å²) in [4.78, 5) is 13.2. The second-order valence-corrected chi connectivity index (χ2v) is 4.31. The number of nitrogen functional groups attached to an aromatic ring is 1. The number of aryl methyl sites for hydroxylation is 1. The van der Waals surface area contributed by atoms with E-state index in [2.05, 4.69) is 26.3 Å². The number of nitrogens with zero attached hydrogens (tertiary/aromatic N) is 4. The molecule has 7 heteroatoms. The van der Waals surface area contributed by atoms with Gasteiger partial charge in [-0.1, -0.05) is 11.3 Å². The molecule has 0 radical (unpaired) electrons. The maximum absolute atomic E-state index is 9.04. The van der Waals surface area contributed by atoms with E-state index in [-0.39, 0.29) is 0 Å². The number of nitrogens with one attached hydrogen (secondary N) is 1. The summed E-state index contributed by atoms with van der Waals surface area (Å²) in [6, 6.07) is 2.07. The average molecular weight is 246 g/mol. The van der Waals surface area contributed by atoms with Gasteiger partial charge in [-0.05, 0) is 6.92 Å². The summed E-state index contributed by atoms with van der Waals surface area (Å²) in [5.74, 6) is 0.463. The lowest BCUT2D eigenvalue weighted by molar-refractivity contribution is 1.14. The van der Waals surface area contributed by atoms with Crippen LogP contribution in [0.2, 0.25) is 0 Å². The van der Waals surface area contributed by atoms with Crippen molar-refractivity contribution < 1.29 is 0 Å². The zero-order valence-corrected chi connectivity index (χ0v) is 10.2. The van der Waals surface area contributed by atoms with E-state index in [4.69, 9.17) is 11.0 Å². The van der Waals surface area contributed by atoms with Crippen molar-refractivity contribution in [1.29, 1.82) is 5.26 Å². The fraction of sp³-hybridized carbons (Fsp3) is 0.200. The second-order valence-electron chi connectivity index (χ2n) is 3.28. The van der Waals surface area contributed by atoms with Gasteiger partial charge in [0.15, 0.2) is 5.13 Å². The Morgan fingerprint density at radius 2 is 2.24 bits per heavy atom. The predicted octanol–water partition coefficient (Wildman–Crippen LogP) is 1.40. The van der Waals surface area contributed by atoms with Crippen molar-refractivity contribution in [2.75, 3.05) is 18.1 Å². The maximum Gasteiger partial charge on any atom is 0.223 e. The van der Waals surface area contributed by atoms with Crippen LogP contribution in [0.5, 0.6) is 0 Å². The monoisotopic (exact) mass is 246 g/mol. The number of hydrogen-bond acceptors (Lipinski definition) is 7. The van der Waals surface area contributed by atoms with Gasteiger partial charge in [-0.2, -0.15) is 5.26 Å². The molecular weight excluding hydrogens is 236 g/mol. The quantitative estimate of drug-likeness (QED) is 0.830. The Balaban J connectivity index is 2.65. The molecule has 0 aliphatic rings. The van der Waals surface area contributed by atoms with Crippen molar-refractivity contribution in [2.24, 2.45) is 0 Å². The summed E-state index contributed by atoms with van der Waals surface area (Å²) in [5, 5.41) is 12.3. The smallest absolute Gasteiger partial charge is 0.223 e. The van der Waals surface area contributed by atoms with Gasteiger partial charge in [0.25, 0.3) is 0 Å². The Bertz CT molecular complexity index is 597. The van der Waals surface area contributed by atoms with Gasteiger partial charge < -0.3 is 11.1 Å². The van der Waals surface area contributed by atoms with Gasteiger partial charge >= 0.3 is 0 Å². The van der Waals surface area contributed by atoms with Crippen molar-refractivity contribution >= 4 is 22.4 Å². The lowest BCUT2D eigenvalue weighted by atomic mass is 10.2. The summed E-state index contributed by atoms with van der Waals surface area (Å²) in [6.07, 6.45) is 1.49. The molecule has 86 valence electrons. The second kappa shape index (κ2) is 4.35. The minimum atomic E-state index is 0.413. The topological polar surface area (TPSA) is 101 Å². The molecule has 0 fully saturated rings. The lowest BCUT2D eigenvalue weighted by Crippen LogP contribution is -1.99. The summed E-state index contributed by atoms with van der Waals surface area (Å²) in [5.41, 5.74) is 7.39. The number of nitriles is 1. The van der Waals surface area contributed by atoms with Crippen LogP contribution < -0.4 is 11.1 Å². The van der Waals surface area contributed by atoms with Crippen LogP contribution in [0.25, 0.3) is 10.6 Å². The summed E-state index contributed by atoms with van der Waals surface area (Å²) >= 11 is 1.31. The minimum Gasteiger partial charge on any atom is -0.375 e. The molecule has 0 aliphatic heterocycles. The predicted molar refractivity (Wildman–Crippen MR) is 66.6 cm³/mol. The summed E-state index contributed by atoms with van der Waals surface area (Å²) in [6.45, 7) is 1.84. The highest BCUT2D eigenvalue weighted by Gasteiger charge is 2.15. The number of rotatable bonds is 2. The van der Waals surface area contributed by atoms with Crippen molar-refractivity contribution in [1.82, 2.24) is 15.0 Å². The van der Waals surface area contributed by atoms with E-state index in [1.807, 2.05) is 6.92 Å². The third kappa shape index (κ3) is 2.03. The van der Waals surface area contributed by atoms with Gasteiger partial charge in [0.2, 0.25) is 5.95 Å². The molecule has 0 saturated heterocycles. The van der Waals surface area contributed by atoms with Crippen LogP contribution in [0.15, 0.2) is 6.20 Å². The third-order valence-corrected chi connectivity index (χ3v) is 3.15. The first-order chi connectivity index (χ1) is 8.15. The van der Waals surface area contributed by atoms with Gasteiger partial charge in [0.05, 0.1) is 22.3 Å². The van der Waals surface area contributed by atoms with Gasteiger partial charge in [-0.3, -0.25) is 0 Å². The zero-order chi connectivity index (χ0) is 12.4. The first-order valence-electron chi connectivity index (χ1n) is 4.84. The van der Waals surface area contributed by atoms with Crippen LogP contribution in [-0.2, 0) is 0 Å². The zero-order valence-electron chi connectivity index (χ0n) is 9.35. The molecule has 0 unspecified atom stereocenters. The number of aromatic nitrogens is 3. The van der Waals surface area contributed by atoms with Gasteiger partial charge in [0, 0.05) is 7.05 Å². The fourth-order valence-corrected chi connectivity index (χ4v) is 2.23. The highest BCUT2D eigenvalue weighted by Crippen LogP contribution is 2.32. The fourth-order valence-electron chi connectivity index (χ4n) is 1.39. The Morgan fingerprint density at radius 1 is 1.47 bits per heavy atom.